The highest BCUT2D eigenvalue weighted by atomic mass is 16.5. The predicted molar refractivity (Wildman–Crippen MR) is 84.7 cm³/mol. The molecular formula is C17H23NO5. The molecule has 0 aliphatic carbocycles. The summed E-state index contributed by atoms with van der Waals surface area (Å²) in [5.74, 6) is -0.563. The first kappa shape index (κ1) is 17.3. The molecule has 1 aliphatic heterocycles. The Morgan fingerprint density at radius 2 is 1.91 bits per heavy atom. The van der Waals surface area contributed by atoms with E-state index in [4.69, 9.17) is 14.6 Å². The van der Waals surface area contributed by atoms with Crippen molar-refractivity contribution in [2.75, 3.05) is 26.3 Å². The third-order valence-electron chi connectivity index (χ3n) is 3.68. The van der Waals surface area contributed by atoms with Crippen LogP contribution >= 0.6 is 0 Å². The lowest BCUT2D eigenvalue weighted by atomic mass is 10.1. The molecule has 1 amide bonds. The Hall–Kier alpha value is -2.08. The number of carboxylic acid groups (broad SMARTS) is 1. The first-order valence-corrected chi connectivity index (χ1v) is 7.95. The minimum Gasteiger partial charge on any atom is -0.490 e. The van der Waals surface area contributed by atoms with Gasteiger partial charge in [-0.15, -0.1) is 0 Å². The first-order valence-electron chi connectivity index (χ1n) is 7.95. The van der Waals surface area contributed by atoms with Crippen LogP contribution in [0.25, 0.3) is 0 Å². The summed E-state index contributed by atoms with van der Waals surface area (Å²) >= 11 is 0. The summed E-state index contributed by atoms with van der Waals surface area (Å²) in [5.41, 5.74) is 0.471. The van der Waals surface area contributed by atoms with Crippen LogP contribution in [0.15, 0.2) is 24.3 Å². The molecule has 2 rings (SSSR count). The predicted octanol–water partition coefficient (Wildman–Crippen LogP) is 2.18. The van der Waals surface area contributed by atoms with Gasteiger partial charge in [0.2, 0.25) is 0 Å². The highest BCUT2D eigenvalue weighted by Crippen LogP contribution is 2.19. The van der Waals surface area contributed by atoms with E-state index in [1.165, 1.54) is 4.90 Å². The van der Waals surface area contributed by atoms with E-state index < -0.39 is 5.97 Å². The normalized spacial score (nSPS) is 15.2. The molecule has 1 aliphatic rings. The fourth-order valence-corrected chi connectivity index (χ4v) is 2.53. The molecule has 0 radical (unpaired) electrons. The molecule has 0 saturated carbocycles. The van der Waals surface area contributed by atoms with Crippen molar-refractivity contribution >= 4 is 11.9 Å². The molecule has 1 heterocycles. The van der Waals surface area contributed by atoms with Crippen LogP contribution < -0.4 is 4.74 Å². The number of benzene rings is 1. The van der Waals surface area contributed by atoms with Crippen molar-refractivity contribution in [1.29, 1.82) is 0 Å². The van der Waals surface area contributed by atoms with Crippen LogP contribution in [0.1, 0.15) is 36.5 Å². The number of carbonyl (C=O) groups excluding carboxylic acids is 1. The van der Waals surface area contributed by atoms with Gasteiger partial charge in [-0.25, -0.2) is 0 Å². The van der Waals surface area contributed by atoms with Crippen LogP contribution in [0, 0.1) is 0 Å². The van der Waals surface area contributed by atoms with Gasteiger partial charge in [-0.05, 0) is 30.7 Å². The average Bonchev–Trinajstić information content (AvgIpc) is 2.55. The van der Waals surface area contributed by atoms with Crippen molar-refractivity contribution in [3.63, 3.8) is 0 Å². The lowest BCUT2D eigenvalue weighted by Gasteiger charge is -2.23. The van der Waals surface area contributed by atoms with Crippen LogP contribution in [0.5, 0.6) is 5.75 Å². The third kappa shape index (κ3) is 5.25. The molecule has 1 aromatic rings. The number of carbonyl (C=O) groups is 2. The second-order valence-electron chi connectivity index (χ2n) is 5.57. The molecule has 1 fully saturated rings. The Kier molecular flexibility index (Phi) is 6.40. The second-order valence-corrected chi connectivity index (χ2v) is 5.57. The van der Waals surface area contributed by atoms with Crippen molar-refractivity contribution < 1.29 is 24.2 Å². The summed E-state index contributed by atoms with van der Waals surface area (Å²) in [4.78, 5) is 24.6. The first-order chi connectivity index (χ1) is 11.1. The molecule has 1 saturated heterocycles. The van der Waals surface area contributed by atoms with Crippen molar-refractivity contribution in [1.82, 2.24) is 4.90 Å². The highest BCUT2D eigenvalue weighted by molar-refractivity contribution is 5.95. The maximum atomic E-state index is 12.4. The smallest absolute Gasteiger partial charge is 0.323 e. The lowest BCUT2D eigenvalue weighted by molar-refractivity contribution is -0.137. The monoisotopic (exact) mass is 321 g/mol. The van der Waals surface area contributed by atoms with E-state index in [0.717, 1.165) is 12.8 Å². The molecule has 6 heteroatoms. The quantitative estimate of drug-likeness (QED) is 0.833. The van der Waals surface area contributed by atoms with Crippen LogP contribution in [0.2, 0.25) is 0 Å². The fraction of sp³-hybridized carbons (Fsp3) is 0.529. The van der Waals surface area contributed by atoms with Gasteiger partial charge >= 0.3 is 5.97 Å². The molecular weight excluding hydrogens is 298 g/mol. The SMILES string of the molecule is CCCN(CC(=O)O)C(=O)c1ccc(OC2CCOCC2)cc1. The Morgan fingerprint density at radius 1 is 1.26 bits per heavy atom. The van der Waals surface area contributed by atoms with Gasteiger partial charge < -0.3 is 19.5 Å². The molecule has 0 bridgehead atoms. The summed E-state index contributed by atoms with van der Waals surface area (Å²) in [6, 6.07) is 6.88. The molecule has 6 nitrogen and oxygen atoms in total. The van der Waals surface area contributed by atoms with Crippen LogP contribution in [-0.4, -0.2) is 54.3 Å². The van der Waals surface area contributed by atoms with E-state index in [9.17, 15) is 9.59 Å². The third-order valence-corrected chi connectivity index (χ3v) is 3.68. The van der Waals surface area contributed by atoms with Gasteiger partial charge in [0.25, 0.3) is 5.91 Å². The van der Waals surface area contributed by atoms with Crippen molar-refractivity contribution in [2.24, 2.45) is 0 Å². The zero-order valence-electron chi connectivity index (χ0n) is 13.4. The standard InChI is InChI=1S/C17H23NO5/c1-2-9-18(12-16(19)20)17(21)13-3-5-14(6-4-13)23-15-7-10-22-11-8-15/h3-6,15H,2,7-12H2,1H3,(H,19,20). The number of nitrogens with zero attached hydrogens (tertiary/aromatic N) is 1. The number of hydrogen-bond donors (Lipinski definition) is 1. The van der Waals surface area contributed by atoms with Crippen LogP contribution in [0.3, 0.4) is 0 Å². The highest BCUT2D eigenvalue weighted by Gasteiger charge is 2.19. The molecule has 0 unspecified atom stereocenters. The van der Waals surface area contributed by atoms with E-state index in [1.807, 2.05) is 6.92 Å². The maximum Gasteiger partial charge on any atom is 0.323 e. The zero-order chi connectivity index (χ0) is 16.7. The van der Waals surface area contributed by atoms with Gasteiger partial charge in [0.1, 0.15) is 18.4 Å². The second kappa shape index (κ2) is 8.53. The van der Waals surface area contributed by atoms with Gasteiger partial charge in [0, 0.05) is 24.9 Å². The van der Waals surface area contributed by atoms with E-state index >= 15 is 0 Å². The van der Waals surface area contributed by atoms with E-state index in [1.54, 1.807) is 24.3 Å². The van der Waals surface area contributed by atoms with Gasteiger partial charge in [-0.1, -0.05) is 6.92 Å². The van der Waals surface area contributed by atoms with Crippen molar-refractivity contribution in [3.05, 3.63) is 29.8 Å². The number of rotatable bonds is 7. The Balaban J connectivity index is 1.99. The fourth-order valence-electron chi connectivity index (χ4n) is 2.53. The van der Waals surface area contributed by atoms with E-state index in [0.29, 0.717) is 37.5 Å². The number of carboxylic acids is 1. The average molecular weight is 321 g/mol. The van der Waals surface area contributed by atoms with Gasteiger partial charge in [0.15, 0.2) is 0 Å². The van der Waals surface area contributed by atoms with Gasteiger partial charge in [0.05, 0.1) is 13.2 Å². The molecule has 0 aromatic heterocycles. The largest absolute Gasteiger partial charge is 0.490 e. The van der Waals surface area contributed by atoms with Gasteiger partial charge in [-0.2, -0.15) is 0 Å². The van der Waals surface area contributed by atoms with Crippen LogP contribution in [0.4, 0.5) is 0 Å². The Labute approximate surface area is 136 Å². The lowest BCUT2D eigenvalue weighted by Crippen LogP contribution is -2.36. The van der Waals surface area contributed by atoms with Gasteiger partial charge in [-0.3, -0.25) is 9.59 Å². The molecule has 126 valence electrons. The Morgan fingerprint density at radius 3 is 2.48 bits per heavy atom. The summed E-state index contributed by atoms with van der Waals surface area (Å²) < 4.78 is 11.2. The summed E-state index contributed by atoms with van der Waals surface area (Å²) in [7, 11) is 0. The van der Waals surface area contributed by atoms with Crippen LogP contribution in [-0.2, 0) is 9.53 Å². The summed E-state index contributed by atoms with van der Waals surface area (Å²) in [5, 5.41) is 8.91. The summed E-state index contributed by atoms with van der Waals surface area (Å²) in [6.45, 7) is 3.47. The zero-order valence-corrected chi connectivity index (χ0v) is 13.4. The Bertz CT molecular complexity index is 522. The molecule has 23 heavy (non-hydrogen) atoms. The maximum absolute atomic E-state index is 12.4. The minimum atomic E-state index is -1.01. The number of ether oxygens (including phenoxy) is 2. The summed E-state index contributed by atoms with van der Waals surface area (Å²) in [6.07, 6.45) is 2.59. The molecule has 0 spiro atoms. The number of amides is 1. The van der Waals surface area contributed by atoms with Crippen molar-refractivity contribution in [2.45, 2.75) is 32.3 Å². The molecule has 1 N–H and O–H groups in total. The van der Waals surface area contributed by atoms with E-state index in [2.05, 4.69) is 0 Å². The van der Waals surface area contributed by atoms with E-state index in [-0.39, 0.29) is 18.6 Å². The minimum absolute atomic E-state index is 0.147. The molecule has 0 atom stereocenters. The number of aliphatic carboxylic acids is 1. The topological polar surface area (TPSA) is 76.1 Å². The molecule has 1 aromatic carbocycles. The number of hydrogen-bond acceptors (Lipinski definition) is 4. The van der Waals surface area contributed by atoms with Crippen molar-refractivity contribution in [3.8, 4) is 5.75 Å².